The van der Waals surface area contributed by atoms with Crippen LogP contribution in [0.25, 0.3) is 51.2 Å². The highest BCUT2D eigenvalue weighted by molar-refractivity contribution is 6.30. The van der Waals surface area contributed by atoms with Crippen molar-refractivity contribution in [3.63, 3.8) is 0 Å². The molecule has 9 aliphatic heterocycles. The molecule has 9 aliphatic rings. The zero-order valence-electron chi connectivity index (χ0n) is 67.7. The lowest BCUT2D eigenvalue weighted by Gasteiger charge is -2.56. The summed E-state index contributed by atoms with van der Waals surface area (Å²) in [5, 5.41) is 35.1. The van der Waals surface area contributed by atoms with Crippen molar-refractivity contribution < 1.29 is 4.39 Å². The van der Waals surface area contributed by atoms with Crippen LogP contribution in [0.3, 0.4) is 0 Å². The first-order valence-electron chi connectivity index (χ1n) is 40.7. The summed E-state index contributed by atoms with van der Waals surface area (Å²) in [7, 11) is 0. The molecule has 9 fully saturated rings. The van der Waals surface area contributed by atoms with Crippen molar-refractivity contribution >= 4 is 29.1 Å². The molecule has 0 amide bonds. The Hall–Kier alpha value is -13.1. The number of pyridine rings is 6. The van der Waals surface area contributed by atoms with Crippen LogP contribution in [-0.2, 0) is 38.9 Å². The van der Waals surface area contributed by atoms with Crippen LogP contribution in [0, 0.1) is 54.4 Å². The maximum atomic E-state index is 13.2. The third-order valence-electron chi connectivity index (χ3n) is 23.2. The van der Waals surface area contributed by atoms with Gasteiger partial charge in [-0.05, 0) is 182 Å². The number of nitrogens with zero attached hydrogens (tertiary/aromatic N) is 27. The average Bonchev–Trinajstić information content (AvgIpc) is 0.975. The molecule has 30 nitrogen and oxygen atoms in total. The summed E-state index contributed by atoms with van der Waals surface area (Å²) in [5.41, 5.74) is 21.4. The van der Waals surface area contributed by atoms with E-state index in [9.17, 15) is 4.39 Å². The van der Waals surface area contributed by atoms with E-state index in [1.165, 1.54) is 30.0 Å². The Morgan fingerprint density at radius 3 is 1.00 bits per heavy atom. The highest BCUT2D eigenvalue weighted by Crippen LogP contribution is 2.39. The Labute approximate surface area is 697 Å². The van der Waals surface area contributed by atoms with Crippen LogP contribution in [0.4, 0.5) is 21.8 Å². The van der Waals surface area contributed by atoms with Crippen LogP contribution in [0.2, 0.25) is 5.02 Å². The third kappa shape index (κ3) is 17.2. The molecule has 24 rings (SSSR count). The molecule has 606 valence electrons. The van der Waals surface area contributed by atoms with E-state index in [1.54, 1.807) is 29.5 Å². The van der Waals surface area contributed by atoms with Gasteiger partial charge in [0.25, 0.3) is 0 Å². The first-order valence-corrected chi connectivity index (χ1v) is 41.0. The molecule has 6 atom stereocenters. The summed E-state index contributed by atoms with van der Waals surface area (Å²) in [4.78, 5) is 71.6. The second kappa shape index (κ2) is 33.0. The smallest absolute Gasteiger partial charge is 0.233 e. The van der Waals surface area contributed by atoms with Gasteiger partial charge >= 0.3 is 0 Å². The van der Waals surface area contributed by atoms with Crippen LogP contribution in [-0.4, -0.2) is 210 Å². The number of fused-ring (bicyclic) bond motifs is 6. The molecule has 120 heavy (non-hydrogen) atoms. The zero-order valence-corrected chi connectivity index (χ0v) is 68.5. The monoisotopic (exact) mass is 1620 g/mol. The number of halogens is 2. The predicted molar refractivity (Wildman–Crippen MR) is 452 cm³/mol. The van der Waals surface area contributed by atoms with Gasteiger partial charge in [0.05, 0.1) is 104 Å². The van der Waals surface area contributed by atoms with Crippen molar-refractivity contribution in [2.75, 3.05) is 54.0 Å². The lowest BCUT2D eigenvalue weighted by molar-refractivity contribution is -0.00969. The van der Waals surface area contributed by atoms with Crippen molar-refractivity contribution in [1.82, 2.24) is 134 Å². The van der Waals surface area contributed by atoms with Gasteiger partial charge in [-0.15, -0.1) is 5.10 Å². The standard InChI is InChI=1S/C30H32N10.C29H29ClN10.C29H29FN10/c1-19-12-33-40(15-19)26-6-5-23(31-14-26)16-39-27-11-28(39)18-38(17-27)29-7-4-22(13-32-29)30-34-20(2)8-24(35-30)10-25-9-21(3)36-37-25;1-18-7-23(9-24-8-19(2)36-37-24)35-29(34-18)20-3-6-28(32-11-20)38-16-26-10-27(17-38)39(26)15-22-4-5-25(13-31-22)40-14-21(30)12-33-40;1-18-9-22(11-23-10-19(2)35-36-23)34-29(33-18)20-3-6-28(32-13-20)38-16-25-12-26(17-38)39(25)15-21-4-5-24(14-31-21)40-8-7-27(30)37-40/h4-9,12-15,27-28H,10-11,16-18H2,1-3H3,(H,36,37);3-8,11-14,26-27H,9-10,15-17H2,1-2H3,(H,36,37);3-10,13-14,25-26H,11-12,15-17H2,1-2H3,(H,35,36). The highest BCUT2D eigenvalue weighted by atomic mass is 35.5. The van der Waals surface area contributed by atoms with E-state index in [2.05, 4.69) is 155 Å². The molecule has 15 aromatic heterocycles. The van der Waals surface area contributed by atoms with Gasteiger partial charge in [0.1, 0.15) is 17.5 Å². The van der Waals surface area contributed by atoms with Crippen molar-refractivity contribution in [1.29, 1.82) is 0 Å². The largest absolute Gasteiger partial charge is 0.353 e. The number of aromatic nitrogens is 24. The number of rotatable bonds is 21. The fourth-order valence-corrected chi connectivity index (χ4v) is 17.4. The van der Waals surface area contributed by atoms with Crippen molar-refractivity contribution in [3.8, 4) is 51.2 Å². The Bertz CT molecular complexity index is 5480. The van der Waals surface area contributed by atoms with E-state index in [-0.39, 0.29) is 0 Å². The molecule has 24 heterocycles. The molecule has 0 saturated carbocycles. The van der Waals surface area contributed by atoms with Crippen molar-refractivity contribution in [2.45, 2.75) is 143 Å². The number of hydrogen-bond donors (Lipinski definition) is 3. The molecular formula is C88H90ClFN30. The Kier molecular flexibility index (Phi) is 21.1. The summed E-state index contributed by atoms with van der Waals surface area (Å²) < 4.78 is 18.3. The Morgan fingerprint density at radius 2 is 0.717 bits per heavy atom. The minimum atomic E-state index is -0.500. The molecule has 6 bridgehead atoms. The van der Waals surface area contributed by atoms with Gasteiger partial charge in [-0.3, -0.25) is 44.9 Å². The first kappa shape index (κ1) is 76.9. The summed E-state index contributed by atoms with van der Waals surface area (Å²) in [5.74, 6) is 4.57. The van der Waals surface area contributed by atoms with Gasteiger partial charge in [-0.2, -0.15) is 29.9 Å². The quantitative estimate of drug-likeness (QED) is 0.0602. The molecular weight excluding hydrogens is 1530 g/mol. The number of hydrogen-bond acceptors (Lipinski definition) is 24. The number of piperazine rings is 3. The average molecular weight is 1620 g/mol. The van der Waals surface area contributed by atoms with E-state index in [4.69, 9.17) is 46.5 Å². The molecule has 3 N–H and O–H groups in total. The number of anilines is 3. The summed E-state index contributed by atoms with van der Waals surface area (Å²) >= 11 is 5.99. The van der Waals surface area contributed by atoms with Crippen LogP contribution < -0.4 is 14.7 Å². The number of nitrogens with one attached hydrogen (secondary N) is 3. The lowest BCUT2D eigenvalue weighted by atomic mass is 9.87. The maximum absolute atomic E-state index is 13.2. The molecule has 0 aromatic carbocycles. The van der Waals surface area contributed by atoms with Crippen LogP contribution in [0.5, 0.6) is 0 Å². The van der Waals surface area contributed by atoms with Crippen LogP contribution in [0.15, 0.2) is 183 Å². The minimum absolute atomic E-state index is 0.468. The summed E-state index contributed by atoms with van der Waals surface area (Å²) in [6.45, 7) is 22.3. The number of H-pyrrole nitrogens is 3. The number of aromatic amines is 3. The van der Waals surface area contributed by atoms with Gasteiger partial charge in [0.15, 0.2) is 17.5 Å². The van der Waals surface area contributed by atoms with E-state index >= 15 is 0 Å². The second-order valence-corrected chi connectivity index (χ2v) is 32.8. The first-order chi connectivity index (χ1) is 58.4. The van der Waals surface area contributed by atoms with E-state index in [0.29, 0.717) is 78.0 Å². The fourth-order valence-electron chi connectivity index (χ4n) is 17.3. The summed E-state index contributed by atoms with van der Waals surface area (Å²) in [6.07, 6.45) is 25.7. The SMILES string of the molecule is Cc1cc(Cc2cc(C)[nH]n2)nc(-c2ccc(N3CC4CC(C3)N4Cc3ccc(-n4cc(Cl)cn4)cn3)nc2)n1.Cc1cc(Cc2cc(C)[nH]n2)nc(-c2ccc(N3CC4CC(C3)N4Cc3ccc(-n4ccc(F)n4)cn3)nc2)n1.Cc1cnn(-c2ccc(CN3C4CC3CN(c3ccc(-c5nc(C)cc(Cc6cc(C)[nH]n6)n5)cn3)C4)nc2)c1. The lowest BCUT2D eigenvalue weighted by Crippen LogP contribution is -2.68. The molecule has 0 aliphatic carbocycles. The van der Waals surface area contributed by atoms with Crippen LogP contribution in [0.1, 0.15) is 110 Å². The van der Waals surface area contributed by atoms with Crippen molar-refractivity contribution in [2.24, 2.45) is 0 Å². The normalized spacial score (nSPS) is 18.6. The van der Waals surface area contributed by atoms with Gasteiger partial charge in [0, 0.05) is 209 Å². The number of aryl methyl sites for hydroxylation is 7. The third-order valence-corrected chi connectivity index (χ3v) is 23.4. The van der Waals surface area contributed by atoms with Crippen molar-refractivity contribution in [3.05, 3.63) is 285 Å². The zero-order chi connectivity index (χ0) is 81.6. The second-order valence-electron chi connectivity index (χ2n) is 32.4. The Morgan fingerprint density at radius 1 is 0.358 bits per heavy atom. The topological polar surface area (TPSA) is 314 Å². The molecule has 0 spiro atoms. The minimum Gasteiger partial charge on any atom is -0.353 e. The van der Waals surface area contributed by atoms with E-state index in [0.717, 1.165) is 201 Å². The van der Waals surface area contributed by atoms with Gasteiger partial charge in [-0.25, -0.2) is 58.9 Å². The van der Waals surface area contributed by atoms with E-state index < -0.39 is 5.95 Å². The maximum Gasteiger partial charge on any atom is 0.233 e. The van der Waals surface area contributed by atoms with E-state index in [1.807, 2.05) is 151 Å². The van der Waals surface area contributed by atoms with Crippen LogP contribution >= 0.6 is 11.6 Å². The Balaban J connectivity index is 0.000000119. The van der Waals surface area contributed by atoms with Gasteiger partial charge in [-0.1, -0.05) is 11.6 Å². The predicted octanol–water partition coefficient (Wildman–Crippen LogP) is 11.6. The molecule has 0 radical (unpaired) electrons. The molecule has 6 unspecified atom stereocenters. The molecule has 15 aromatic rings. The fraction of sp³-hybridized carbons (Fsp3) is 0.318. The number of piperidine rings is 3. The highest BCUT2D eigenvalue weighted by Gasteiger charge is 2.47. The molecule has 9 saturated heterocycles. The van der Waals surface area contributed by atoms with Gasteiger partial charge < -0.3 is 14.7 Å². The van der Waals surface area contributed by atoms with Gasteiger partial charge in [0.2, 0.25) is 5.95 Å². The summed E-state index contributed by atoms with van der Waals surface area (Å²) in [6, 6.07) is 41.2. The molecule has 32 heteroatoms.